The Kier molecular flexibility index (Phi) is 2.74. The number of nitrogens with one attached hydrogen (secondary N) is 1. The van der Waals surface area contributed by atoms with Crippen molar-refractivity contribution >= 4 is 0 Å². The molecule has 2 fully saturated rings. The predicted octanol–water partition coefficient (Wildman–Crippen LogP) is 1.99. The molecule has 2 aliphatic carbocycles. The summed E-state index contributed by atoms with van der Waals surface area (Å²) in [6, 6.07) is 2.18. The van der Waals surface area contributed by atoms with Crippen molar-refractivity contribution in [2.24, 2.45) is 24.3 Å². The van der Waals surface area contributed by atoms with Gasteiger partial charge < -0.3 is 5.32 Å². The average molecular weight is 233 g/mol. The first-order chi connectivity index (χ1) is 8.21. The molecule has 0 bridgehead atoms. The van der Waals surface area contributed by atoms with E-state index in [9.17, 15) is 0 Å². The Morgan fingerprint density at radius 3 is 2.82 bits per heavy atom. The van der Waals surface area contributed by atoms with Gasteiger partial charge in [0, 0.05) is 19.8 Å². The van der Waals surface area contributed by atoms with Crippen LogP contribution < -0.4 is 5.32 Å². The second-order valence-corrected chi connectivity index (χ2v) is 6.10. The van der Waals surface area contributed by atoms with E-state index >= 15 is 0 Å². The third-order valence-corrected chi connectivity index (χ3v) is 4.53. The minimum atomic E-state index is 0.498. The van der Waals surface area contributed by atoms with Gasteiger partial charge in [0.05, 0.1) is 5.69 Å². The Balaban J connectivity index is 1.70. The molecule has 94 valence electrons. The topological polar surface area (TPSA) is 29.9 Å². The average Bonchev–Trinajstić information content (AvgIpc) is 2.72. The molecule has 0 saturated heterocycles. The van der Waals surface area contributed by atoms with Crippen molar-refractivity contribution in [1.29, 1.82) is 0 Å². The zero-order valence-corrected chi connectivity index (χ0v) is 10.9. The highest BCUT2D eigenvalue weighted by molar-refractivity contribution is 5.11. The molecule has 17 heavy (non-hydrogen) atoms. The first kappa shape index (κ1) is 11.3. The third kappa shape index (κ3) is 2.25. The highest BCUT2D eigenvalue weighted by atomic mass is 15.2. The molecule has 1 aromatic heterocycles. The van der Waals surface area contributed by atoms with Crippen molar-refractivity contribution in [3.05, 3.63) is 18.0 Å². The lowest BCUT2D eigenvalue weighted by atomic mass is 9.78. The molecule has 0 aromatic carbocycles. The molecule has 3 nitrogen and oxygen atoms in total. The van der Waals surface area contributed by atoms with Gasteiger partial charge >= 0.3 is 0 Å². The molecule has 2 aliphatic rings. The Morgan fingerprint density at radius 1 is 1.47 bits per heavy atom. The number of hydrogen-bond donors (Lipinski definition) is 1. The molecule has 3 heteroatoms. The van der Waals surface area contributed by atoms with Crippen molar-refractivity contribution < 1.29 is 0 Å². The van der Waals surface area contributed by atoms with Crippen LogP contribution in [0, 0.1) is 17.3 Å². The Hall–Kier alpha value is -0.830. The van der Waals surface area contributed by atoms with Crippen molar-refractivity contribution in [1.82, 2.24) is 15.1 Å². The Labute approximate surface area is 104 Å². The van der Waals surface area contributed by atoms with Gasteiger partial charge in [-0.15, -0.1) is 0 Å². The van der Waals surface area contributed by atoms with E-state index in [4.69, 9.17) is 0 Å². The summed E-state index contributed by atoms with van der Waals surface area (Å²) < 4.78 is 1.92. The number of fused-ring (bicyclic) bond motifs is 1. The van der Waals surface area contributed by atoms with Crippen molar-refractivity contribution in [2.45, 2.75) is 32.6 Å². The molecule has 1 heterocycles. The minimum Gasteiger partial charge on any atom is -0.316 e. The summed E-state index contributed by atoms with van der Waals surface area (Å²) in [6.45, 7) is 4.45. The van der Waals surface area contributed by atoms with E-state index in [1.54, 1.807) is 0 Å². The van der Waals surface area contributed by atoms with Gasteiger partial charge in [-0.05, 0) is 55.5 Å². The van der Waals surface area contributed by atoms with Crippen LogP contribution in [0.15, 0.2) is 12.3 Å². The van der Waals surface area contributed by atoms with Gasteiger partial charge in [0.1, 0.15) is 0 Å². The third-order valence-electron chi connectivity index (χ3n) is 4.53. The highest BCUT2D eigenvalue weighted by Crippen LogP contribution is 2.60. The monoisotopic (exact) mass is 233 g/mol. The SMILES string of the molecule is CCNCC1(Cc2ccn(C)n2)CC2CC2C1. The zero-order chi connectivity index (χ0) is 11.9. The molecule has 3 rings (SSSR count). The van der Waals surface area contributed by atoms with Crippen molar-refractivity contribution in [3.63, 3.8) is 0 Å². The molecule has 2 saturated carbocycles. The number of aromatic nitrogens is 2. The van der Waals surface area contributed by atoms with E-state index in [-0.39, 0.29) is 0 Å². The van der Waals surface area contributed by atoms with Crippen LogP contribution in [0.1, 0.15) is 31.9 Å². The lowest BCUT2D eigenvalue weighted by molar-refractivity contribution is 0.247. The highest BCUT2D eigenvalue weighted by Gasteiger charge is 2.53. The van der Waals surface area contributed by atoms with E-state index in [0.717, 1.165) is 24.8 Å². The zero-order valence-electron chi connectivity index (χ0n) is 10.9. The van der Waals surface area contributed by atoms with Crippen LogP contribution in [0.4, 0.5) is 0 Å². The fraction of sp³-hybridized carbons (Fsp3) is 0.786. The van der Waals surface area contributed by atoms with Crippen LogP contribution in [-0.2, 0) is 13.5 Å². The smallest absolute Gasteiger partial charge is 0.0630 e. The molecule has 1 aromatic rings. The lowest BCUT2D eigenvalue weighted by Gasteiger charge is -2.30. The van der Waals surface area contributed by atoms with Crippen LogP contribution in [0.25, 0.3) is 0 Å². The van der Waals surface area contributed by atoms with Gasteiger partial charge in [0.15, 0.2) is 0 Å². The Morgan fingerprint density at radius 2 is 2.24 bits per heavy atom. The molecule has 2 unspecified atom stereocenters. The van der Waals surface area contributed by atoms with Gasteiger partial charge in [-0.3, -0.25) is 4.68 Å². The number of hydrogen-bond acceptors (Lipinski definition) is 2. The van der Waals surface area contributed by atoms with Crippen LogP contribution in [0.2, 0.25) is 0 Å². The molecule has 0 radical (unpaired) electrons. The molecule has 2 atom stereocenters. The summed E-state index contributed by atoms with van der Waals surface area (Å²) in [6.07, 6.45) is 7.55. The van der Waals surface area contributed by atoms with Crippen molar-refractivity contribution in [3.8, 4) is 0 Å². The first-order valence-electron chi connectivity index (χ1n) is 6.90. The number of aryl methyl sites for hydroxylation is 1. The summed E-state index contributed by atoms with van der Waals surface area (Å²) in [5.74, 6) is 2.08. The molecular formula is C14H23N3. The largest absolute Gasteiger partial charge is 0.316 e. The lowest BCUT2D eigenvalue weighted by Crippen LogP contribution is -2.35. The molecule has 0 aliphatic heterocycles. The van der Waals surface area contributed by atoms with Crippen LogP contribution >= 0.6 is 0 Å². The standard InChI is InChI=1S/C14H23N3/c1-3-15-10-14(7-11-6-12(11)8-14)9-13-4-5-17(2)16-13/h4-5,11-12,15H,3,6-10H2,1-2H3. The second-order valence-electron chi connectivity index (χ2n) is 6.10. The van der Waals surface area contributed by atoms with E-state index in [0.29, 0.717) is 5.41 Å². The van der Waals surface area contributed by atoms with Gasteiger partial charge in [0.25, 0.3) is 0 Å². The van der Waals surface area contributed by atoms with Gasteiger partial charge in [-0.2, -0.15) is 5.10 Å². The van der Waals surface area contributed by atoms with Gasteiger partial charge in [-0.25, -0.2) is 0 Å². The Bertz CT molecular complexity index is 386. The maximum Gasteiger partial charge on any atom is 0.0630 e. The quantitative estimate of drug-likeness (QED) is 0.843. The van der Waals surface area contributed by atoms with Gasteiger partial charge in [0.2, 0.25) is 0 Å². The second kappa shape index (κ2) is 4.13. The van der Waals surface area contributed by atoms with Crippen molar-refractivity contribution in [2.75, 3.05) is 13.1 Å². The number of nitrogens with zero attached hydrogens (tertiary/aromatic N) is 2. The van der Waals surface area contributed by atoms with Crippen LogP contribution in [0.3, 0.4) is 0 Å². The molecule has 1 N–H and O–H groups in total. The summed E-state index contributed by atoms with van der Waals surface area (Å²) in [5.41, 5.74) is 1.77. The van der Waals surface area contributed by atoms with Gasteiger partial charge in [-0.1, -0.05) is 6.92 Å². The van der Waals surface area contributed by atoms with Crippen LogP contribution in [0.5, 0.6) is 0 Å². The minimum absolute atomic E-state index is 0.498. The maximum atomic E-state index is 4.56. The van der Waals surface area contributed by atoms with E-state index in [2.05, 4.69) is 29.6 Å². The van der Waals surface area contributed by atoms with E-state index < -0.39 is 0 Å². The molecule has 0 amide bonds. The predicted molar refractivity (Wildman–Crippen MR) is 68.7 cm³/mol. The van der Waals surface area contributed by atoms with Crippen LogP contribution in [-0.4, -0.2) is 22.9 Å². The first-order valence-corrected chi connectivity index (χ1v) is 6.90. The number of rotatable bonds is 5. The fourth-order valence-corrected chi connectivity index (χ4v) is 3.69. The summed E-state index contributed by atoms with van der Waals surface area (Å²) in [5, 5.41) is 8.12. The normalized spacial score (nSPS) is 34.9. The maximum absolute atomic E-state index is 4.56. The van der Waals surface area contributed by atoms with E-state index in [1.165, 1.54) is 31.5 Å². The summed E-state index contributed by atoms with van der Waals surface area (Å²) in [7, 11) is 2.01. The van der Waals surface area contributed by atoms with E-state index in [1.807, 2.05) is 11.7 Å². The molecular weight excluding hydrogens is 210 g/mol. The molecule has 0 spiro atoms. The summed E-state index contributed by atoms with van der Waals surface area (Å²) in [4.78, 5) is 0. The fourth-order valence-electron chi connectivity index (χ4n) is 3.69. The summed E-state index contributed by atoms with van der Waals surface area (Å²) >= 11 is 0.